The van der Waals surface area contributed by atoms with Crippen molar-refractivity contribution >= 4 is 29.2 Å². The van der Waals surface area contributed by atoms with Gasteiger partial charge in [0.1, 0.15) is 0 Å². The molecule has 1 aromatic heterocycles. The Morgan fingerprint density at radius 3 is 2.11 bits per heavy atom. The summed E-state index contributed by atoms with van der Waals surface area (Å²) in [5.41, 5.74) is 16.9. The van der Waals surface area contributed by atoms with Gasteiger partial charge in [-0.3, -0.25) is 0 Å². The highest BCUT2D eigenvalue weighted by atomic mass is 15.2. The molecular formula is C59H60N2. The molecule has 306 valence electrons. The first-order chi connectivity index (χ1) is 29.7. The fraction of sp³-hybridized carbons (Fsp3) is 0.186. The third kappa shape index (κ3) is 9.88. The van der Waals surface area contributed by atoms with Crippen LogP contribution in [0.5, 0.6) is 0 Å². The van der Waals surface area contributed by atoms with E-state index in [2.05, 4.69) is 257 Å². The molecular weight excluding hydrogens is 737 g/mol. The van der Waals surface area contributed by atoms with Gasteiger partial charge in [0.15, 0.2) is 0 Å². The number of benzene rings is 4. The number of nitrogens with zero attached hydrogens (tertiary/aromatic N) is 2. The van der Waals surface area contributed by atoms with E-state index in [0.29, 0.717) is 5.92 Å². The molecule has 2 aliphatic carbocycles. The molecule has 0 saturated carbocycles. The lowest BCUT2D eigenvalue weighted by Gasteiger charge is -2.38. The van der Waals surface area contributed by atoms with Crippen LogP contribution in [0.2, 0.25) is 0 Å². The van der Waals surface area contributed by atoms with Gasteiger partial charge in [0.25, 0.3) is 0 Å². The number of para-hydroxylation sites is 1. The van der Waals surface area contributed by atoms with Gasteiger partial charge in [0, 0.05) is 45.5 Å². The molecule has 0 radical (unpaired) electrons. The van der Waals surface area contributed by atoms with Crippen LogP contribution in [-0.2, 0) is 6.42 Å². The first-order valence-electron chi connectivity index (χ1n) is 21.8. The Labute approximate surface area is 365 Å². The van der Waals surface area contributed by atoms with Gasteiger partial charge in [0.05, 0.1) is 0 Å². The van der Waals surface area contributed by atoms with Crippen LogP contribution in [0.25, 0.3) is 40.1 Å². The molecule has 1 atom stereocenters. The predicted octanol–water partition coefficient (Wildman–Crippen LogP) is 16.5. The minimum absolute atomic E-state index is 0.342. The van der Waals surface area contributed by atoms with Crippen molar-refractivity contribution in [2.75, 3.05) is 4.90 Å². The van der Waals surface area contributed by atoms with E-state index in [9.17, 15) is 0 Å². The molecule has 61 heavy (non-hydrogen) atoms. The molecule has 0 N–H and O–H groups in total. The third-order valence-electron chi connectivity index (χ3n) is 11.9. The molecule has 2 heteroatoms. The van der Waals surface area contributed by atoms with Gasteiger partial charge in [-0.25, -0.2) is 0 Å². The Morgan fingerprint density at radius 2 is 1.41 bits per heavy atom. The molecule has 7 rings (SSSR count). The lowest BCUT2D eigenvalue weighted by atomic mass is 9.79. The number of aromatic nitrogens is 1. The summed E-state index contributed by atoms with van der Waals surface area (Å²) in [6.45, 7) is 15.6. The number of allylic oxidation sites excluding steroid dienone is 17. The second-order valence-electron chi connectivity index (χ2n) is 16.6. The molecule has 1 heterocycles. The Hall–Kier alpha value is -6.64. The Morgan fingerprint density at radius 1 is 0.721 bits per heavy atom. The van der Waals surface area contributed by atoms with E-state index in [0.717, 1.165) is 24.2 Å². The van der Waals surface area contributed by atoms with E-state index in [-0.39, 0.29) is 5.41 Å². The maximum Gasteiger partial charge on any atom is 0.0494 e. The van der Waals surface area contributed by atoms with E-state index in [4.69, 9.17) is 0 Å². The number of hydrogen-bond donors (Lipinski definition) is 0. The zero-order valence-corrected chi connectivity index (χ0v) is 37.0. The smallest absolute Gasteiger partial charge is 0.0494 e. The molecule has 0 amide bonds. The quantitative estimate of drug-likeness (QED) is 0.102. The number of anilines is 2. The summed E-state index contributed by atoms with van der Waals surface area (Å²) < 4.78 is 2.41. The minimum Gasteiger partial charge on any atom is -0.314 e. The van der Waals surface area contributed by atoms with Gasteiger partial charge in [-0.05, 0) is 140 Å². The highest BCUT2D eigenvalue weighted by Gasteiger charge is 2.31. The Bertz CT molecular complexity index is 2620. The summed E-state index contributed by atoms with van der Waals surface area (Å²) in [4.78, 5) is 2.43. The standard InChI is InChI=1S/C59H60N2/c1-8-10-12-16-25-46(5)60-56(42-53-40-49-28-21-22-29-50(49)43-57(53)60)32-23-24-45(4)59(6,7)58(33-15-11-9-2)61(54-30-19-14-20-31-54)55-36-34-48(35-37-55)52-39-44(3)38-51(41-52)47-26-17-13-18-27-47/h8,10-39,41-43,49H,9,40H2,1-7H3/b10-8-,15-11-,16-12-,32-23-,45-24+,46-25+,58-33+. The average molecular weight is 797 g/mol. The third-order valence-corrected chi connectivity index (χ3v) is 11.9. The molecule has 0 spiro atoms. The van der Waals surface area contributed by atoms with Crippen molar-refractivity contribution in [3.63, 3.8) is 0 Å². The fourth-order valence-corrected chi connectivity index (χ4v) is 8.33. The summed E-state index contributed by atoms with van der Waals surface area (Å²) in [6, 6.07) is 39.8. The predicted molar refractivity (Wildman–Crippen MR) is 267 cm³/mol. The number of fused-ring (bicyclic) bond motifs is 2. The number of rotatable bonds is 14. The van der Waals surface area contributed by atoms with Crippen molar-refractivity contribution in [2.45, 2.75) is 61.3 Å². The van der Waals surface area contributed by atoms with Crippen LogP contribution < -0.4 is 4.90 Å². The zero-order chi connectivity index (χ0) is 42.8. The molecule has 0 fully saturated rings. The van der Waals surface area contributed by atoms with Gasteiger partial charge >= 0.3 is 0 Å². The monoisotopic (exact) mass is 796 g/mol. The van der Waals surface area contributed by atoms with Crippen molar-refractivity contribution in [3.05, 3.63) is 234 Å². The molecule has 2 aliphatic rings. The normalized spacial score (nSPS) is 16.0. The van der Waals surface area contributed by atoms with Crippen LogP contribution in [0.1, 0.15) is 70.5 Å². The minimum atomic E-state index is -0.342. The second-order valence-corrected chi connectivity index (χ2v) is 16.6. The van der Waals surface area contributed by atoms with Crippen LogP contribution in [0.4, 0.5) is 11.4 Å². The lowest BCUT2D eigenvalue weighted by molar-refractivity contribution is 0.528. The fourth-order valence-electron chi connectivity index (χ4n) is 8.33. The SMILES string of the molecule is C\C=C/C=C\C=C(/C)n1c(/C=C\C=C(/C)C(C)(C)/C(=C\C=C/CC)N(c2ccccc2)c2ccc(-c3cc(C)cc(-c4ccccc4)c3)cc2)cc2c1C=C1C=CC=CC1C2. The second kappa shape index (κ2) is 19.6. The lowest BCUT2D eigenvalue weighted by Crippen LogP contribution is -2.29. The van der Waals surface area contributed by atoms with Gasteiger partial charge < -0.3 is 9.47 Å². The highest BCUT2D eigenvalue weighted by molar-refractivity contribution is 5.78. The van der Waals surface area contributed by atoms with Gasteiger partial charge in [-0.1, -0.05) is 172 Å². The van der Waals surface area contributed by atoms with E-state index < -0.39 is 0 Å². The molecule has 0 aliphatic heterocycles. The van der Waals surface area contributed by atoms with Gasteiger partial charge in [0.2, 0.25) is 0 Å². The molecule has 4 aromatic carbocycles. The summed E-state index contributed by atoms with van der Waals surface area (Å²) in [6.07, 6.45) is 37.4. The van der Waals surface area contributed by atoms with Crippen LogP contribution in [-0.4, -0.2) is 4.57 Å². The van der Waals surface area contributed by atoms with Crippen LogP contribution in [0.15, 0.2) is 211 Å². The summed E-state index contributed by atoms with van der Waals surface area (Å²) in [5, 5.41) is 0. The first-order valence-corrected chi connectivity index (χ1v) is 21.8. The topological polar surface area (TPSA) is 8.17 Å². The van der Waals surface area contributed by atoms with Crippen molar-refractivity contribution in [3.8, 4) is 22.3 Å². The molecule has 5 aromatic rings. The van der Waals surface area contributed by atoms with Crippen molar-refractivity contribution in [1.29, 1.82) is 0 Å². The van der Waals surface area contributed by atoms with Crippen molar-refractivity contribution in [1.82, 2.24) is 4.57 Å². The Kier molecular flexibility index (Phi) is 13.7. The van der Waals surface area contributed by atoms with Crippen LogP contribution in [0.3, 0.4) is 0 Å². The number of aryl methyl sites for hydroxylation is 1. The van der Waals surface area contributed by atoms with Gasteiger partial charge in [-0.15, -0.1) is 0 Å². The molecule has 1 unspecified atom stereocenters. The van der Waals surface area contributed by atoms with E-state index >= 15 is 0 Å². The maximum absolute atomic E-state index is 2.43. The maximum atomic E-state index is 2.43. The summed E-state index contributed by atoms with van der Waals surface area (Å²) in [5.74, 6) is 0.428. The summed E-state index contributed by atoms with van der Waals surface area (Å²) in [7, 11) is 0. The molecule has 2 nitrogen and oxygen atoms in total. The largest absolute Gasteiger partial charge is 0.314 e. The van der Waals surface area contributed by atoms with Crippen molar-refractivity contribution < 1.29 is 0 Å². The van der Waals surface area contributed by atoms with E-state index in [1.54, 1.807) is 0 Å². The Balaban J connectivity index is 1.25. The molecule has 0 bridgehead atoms. The summed E-state index contributed by atoms with van der Waals surface area (Å²) >= 11 is 0. The first kappa shape index (κ1) is 42.5. The van der Waals surface area contributed by atoms with E-state index in [1.165, 1.54) is 67.3 Å². The van der Waals surface area contributed by atoms with Crippen molar-refractivity contribution in [2.24, 2.45) is 11.3 Å². The van der Waals surface area contributed by atoms with E-state index in [1.807, 2.05) is 6.92 Å². The van der Waals surface area contributed by atoms with Crippen LogP contribution >= 0.6 is 0 Å². The number of hydrogen-bond acceptors (Lipinski definition) is 1. The van der Waals surface area contributed by atoms with Crippen LogP contribution in [0, 0.1) is 18.3 Å². The molecule has 0 saturated heterocycles. The van der Waals surface area contributed by atoms with Gasteiger partial charge in [-0.2, -0.15) is 0 Å². The zero-order valence-electron chi connectivity index (χ0n) is 37.0. The highest BCUT2D eigenvalue weighted by Crippen LogP contribution is 2.44. The average Bonchev–Trinajstić information content (AvgIpc) is 3.64.